The lowest BCUT2D eigenvalue weighted by Gasteiger charge is -1.90. The molecule has 5 heteroatoms. The highest BCUT2D eigenvalue weighted by atomic mass is 79.9. The van der Waals surface area contributed by atoms with Crippen molar-refractivity contribution in [3.63, 3.8) is 0 Å². The second-order valence-corrected chi connectivity index (χ2v) is 3.55. The number of alkyl halides is 1. The van der Waals surface area contributed by atoms with Crippen molar-refractivity contribution in [2.45, 2.75) is 6.92 Å². The van der Waals surface area contributed by atoms with Crippen LogP contribution < -0.4 is 5.56 Å². The molecule has 0 aliphatic rings. The van der Waals surface area contributed by atoms with Crippen LogP contribution in [0.3, 0.4) is 0 Å². The summed E-state index contributed by atoms with van der Waals surface area (Å²) < 4.78 is 0. The Morgan fingerprint density at radius 2 is 2.07 bits per heavy atom. The molecule has 0 spiro atoms. The minimum atomic E-state index is -0.292. The number of para-hydroxylation sites is 1. The Morgan fingerprint density at radius 3 is 2.71 bits per heavy atom. The number of aromatic amines is 1. The van der Waals surface area contributed by atoms with Crippen LogP contribution in [0, 0.1) is 0 Å². The summed E-state index contributed by atoms with van der Waals surface area (Å²) in [6.07, 6.45) is 0. The van der Waals surface area contributed by atoms with E-state index in [4.69, 9.17) is 0 Å². The van der Waals surface area contributed by atoms with E-state index >= 15 is 0 Å². The summed E-state index contributed by atoms with van der Waals surface area (Å²) in [5.74, 6) is 0. The number of nitrogens with zero attached hydrogens (tertiary/aromatic N) is 2. The molecular formula is C9H10BrN3O. The molecule has 1 aromatic carbocycles. The average molecular weight is 256 g/mol. The predicted octanol–water partition coefficient (Wildman–Crippen LogP) is 1.72. The third-order valence-corrected chi connectivity index (χ3v) is 1.47. The van der Waals surface area contributed by atoms with E-state index in [1.54, 1.807) is 18.2 Å². The smallest absolute Gasteiger partial charge is 0.265 e. The molecule has 0 unspecified atom stereocenters. The summed E-state index contributed by atoms with van der Waals surface area (Å²) in [7, 11) is 0. The van der Waals surface area contributed by atoms with Crippen molar-refractivity contribution < 1.29 is 0 Å². The normalized spacial score (nSPS) is 9.29. The van der Waals surface area contributed by atoms with E-state index < -0.39 is 0 Å². The highest BCUT2D eigenvalue weighted by Crippen LogP contribution is 2.01. The van der Waals surface area contributed by atoms with Crippen molar-refractivity contribution in [3.05, 3.63) is 34.6 Å². The zero-order chi connectivity index (χ0) is 10.4. The Labute approximate surface area is 89.5 Å². The third kappa shape index (κ3) is 2.63. The fourth-order valence-corrected chi connectivity index (χ4v) is 0.945. The lowest BCUT2D eigenvalue weighted by Crippen LogP contribution is -2.09. The first kappa shape index (κ1) is 10.8. The van der Waals surface area contributed by atoms with Gasteiger partial charge in [0, 0.05) is 5.33 Å². The Balaban J connectivity index is 0.000000293. The summed E-state index contributed by atoms with van der Waals surface area (Å²) in [6, 6.07) is 7.12. The standard InChI is InChI=1S/C7H5N3O.C2H5Br/c11-7-5-3-1-2-4-6(5)8-10-9-7;1-2-3/h1-4H,(H,8,9,11);2H2,1H3. The van der Waals surface area contributed by atoms with Gasteiger partial charge >= 0.3 is 0 Å². The summed E-state index contributed by atoms with van der Waals surface area (Å²) in [5.41, 5.74) is 0.423. The minimum Gasteiger partial charge on any atom is -0.265 e. The van der Waals surface area contributed by atoms with Gasteiger partial charge in [0.05, 0.1) is 10.9 Å². The van der Waals surface area contributed by atoms with E-state index in [9.17, 15) is 4.79 Å². The Hall–Kier alpha value is -1.23. The van der Waals surface area contributed by atoms with E-state index in [1.807, 2.05) is 13.0 Å². The molecule has 0 saturated heterocycles. The average Bonchev–Trinajstić information content (AvgIpc) is 2.20. The van der Waals surface area contributed by atoms with Crippen LogP contribution in [0.15, 0.2) is 29.1 Å². The first-order valence-corrected chi connectivity index (χ1v) is 5.27. The molecule has 2 rings (SSSR count). The number of nitrogens with one attached hydrogen (secondary N) is 1. The zero-order valence-corrected chi connectivity index (χ0v) is 9.28. The molecule has 14 heavy (non-hydrogen) atoms. The van der Waals surface area contributed by atoms with Gasteiger partial charge in [0.25, 0.3) is 5.56 Å². The van der Waals surface area contributed by atoms with Crippen molar-refractivity contribution in [1.82, 2.24) is 15.4 Å². The molecule has 74 valence electrons. The second-order valence-electron chi connectivity index (χ2n) is 2.43. The predicted molar refractivity (Wildman–Crippen MR) is 59.6 cm³/mol. The molecule has 0 radical (unpaired) electrons. The first-order chi connectivity index (χ1) is 6.79. The molecule has 0 fully saturated rings. The van der Waals surface area contributed by atoms with Crippen LogP contribution in [0.4, 0.5) is 0 Å². The van der Waals surface area contributed by atoms with Crippen LogP contribution in [0.25, 0.3) is 10.9 Å². The topological polar surface area (TPSA) is 58.6 Å². The molecule has 1 aromatic heterocycles. The first-order valence-electron chi connectivity index (χ1n) is 4.15. The molecule has 0 bridgehead atoms. The number of hydrogen-bond acceptors (Lipinski definition) is 3. The second kappa shape index (κ2) is 5.49. The lowest BCUT2D eigenvalue weighted by atomic mass is 10.2. The summed E-state index contributed by atoms with van der Waals surface area (Å²) in [4.78, 5) is 11.0. The molecule has 0 aliphatic heterocycles. The summed E-state index contributed by atoms with van der Waals surface area (Å²) in [6.45, 7) is 2.04. The molecular weight excluding hydrogens is 246 g/mol. The van der Waals surface area contributed by atoms with E-state index in [1.165, 1.54) is 0 Å². The summed E-state index contributed by atoms with van der Waals surface area (Å²) >= 11 is 3.15. The van der Waals surface area contributed by atoms with E-state index in [2.05, 4.69) is 31.3 Å². The van der Waals surface area contributed by atoms with Crippen molar-refractivity contribution in [2.75, 3.05) is 5.33 Å². The van der Waals surface area contributed by atoms with Crippen molar-refractivity contribution in [2.24, 2.45) is 0 Å². The number of benzene rings is 1. The highest BCUT2D eigenvalue weighted by Gasteiger charge is 1.95. The number of H-pyrrole nitrogens is 1. The zero-order valence-electron chi connectivity index (χ0n) is 7.70. The Bertz CT molecular complexity index is 450. The monoisotopic (exact) mass is 255 g/mol. The number of rotatable bonds is 0. The van der Waals surface area contributed by atoms with Crippen molar-refractivity contribution >= 4 is 26.8 Å². The SMILES string of the molecule is CCBr.O=c1nn[nH]c2ccccc12. The van der Waals surface area contributed by atoms with Gasteiger partial charge in [-0.2, -0.15) is 0 Å². The summed E-state index contributed by atoms with van der Waals surface area (Å²) in [5, 5.41) is 11.0. The molecule has 2 aromatic rings. The molecule has 0 atom stereocenters. The quantitative estimate of drug-likeness (QED) is 0.730. The molecule has 1 heterocycles. The van der Waals surface area contributed by atoms with Crippen LogP contribution in [0.1, 0.15) is 6.92 Å². The van der Waals surface area contributed by atoms with Gasteiger partial charge in [0.2, 0.25) is 0 Å². The fraction of sp³-hybridized carbons (Fsp3) is 0.222. The van der Waals surface area contributed by atoms with Gasteiger partial charge < -0.3 is 0 Å². The fourth-order valence-electron chi connectivity index (χ4n) is 0.945. The van der Waals surface area contributed by atoms with Crippen molar-refractivity contribution in [3.8, 4) is 0 Å². The van der Waals surface area contributed by atoms with Crippen LogP contribution in [-0.4, -0.2) is 20.7 Å². The third-order valence-electron chi connectivity index (χ3n) is 1.47. The van der Waals surface area contributed by atoms with Crippen LogP contribution >= 0.6 is 15.9 Å². The molecule has 0 aliphatic carbocycles. The van der Waals surface area contributed by atoms with E-state index in [-0.39, 0.29) is 5.56 Å². The molecule has 1 N–H and O–H groups in total. The van der Waals surface area contributed by atoms with Crippen LogP contribution in [0.2, 0.25) is 0 Å². The van der Waals surface area contributed by atoms with Crippen LogP contribution in [-0.2, 0) is 0 Å². The van der Waals surface area contributed by atoms with Crippen molar-refractivity contribution in [1.29, 1.82) is 0 Å². The maximum atomic E-state index is 11.0. The van der Waals surface area contributed by atoms with Gasteiger partial charge in [-0.1, -0.05) is 45.3 Å². The van der Waals surface area contributed by atoms with Gasteiger partial charge in [-0.25, -0.2) is 0 Å². The maximum absolute atomic E-state index is 11.0. The number of halogens is 1. The van der Waals surface area contributed by atoms with Crippen LogP contribution in [0.5, 0.6) is 0 Å². The van der Waals surface area contributed by atoms with Gasteiger partial charge in [-0.3, -0.25) is 9.89 Å². The highest BCUT2D eigenvalue weighted by molar-refractivity contribution is 9.09. The Morgan fingerprint density at radius 1 is 1.43 bits per heavy atom. The number of aromatic nitrogens is 3. The van der Waals surface area contributed by atoms with E-state index in [0.717, 1.165) is 5.33 Å². The van der Waals surface area contributed by atoms with Gasteiger partial charge in [-0.05, 0) is 12.1 Å². The largest absolute Gasteiger partial charge is 0.299 e. The van der Waals surface area contributed by atoms with Gasteiger partial charge in [-0.15, -0.1) is 0 Å². The number of fused-ring (bicyclic) bond motifs is 1. The van der Waals surface area contributed by atoms with Gasteiger partial charge in [0.1, 0.15) is 0 Å². The van der Waals surface area contributed by atoms with Gasteiger partial charge in [0.15, 0.2) is 0 Å². The number of hydrogen-bond donors (Lipinski definition) is 1. The molecule has 4 nitrogen and oxygen atoms in total. The lowest BCUT2D eigenvalue weighted by molar-refractivity contribution is 0.872. The van der Waals surface area contributed by atoms with E-state index in [0.29, 0.717) is 10.9 Å². The molecule has 0 amide bonds. The molecule has 0 saturated carbocycles. The Kier molecular flexibility index (Phi) is 4.25. The maximum Gasteiger partial charge on any atom is 0.299 e. The minimum absolute atomic E-state index is 0.292.